The van der Waals surface area contributed by atoms with Crippen LogP contribution < -0.4 is 5.73 Å². The van der Waals surface area contributed by atoms with Gasteiger partial charge >= 0.3 is 0 Å². The van der Waals surface area contributed by atoms with Crippen molar-refractivity contribution in [3.8, 4) is 0 Å². The Labute approximate surface area is 108 Å². The Bertz CT molecular complexity index is 405. The third kappa shape index (κ3) is 4.84. The van der Waals surface area contributed by atoms with Gasteiger partial charge in [0.2, 0.25) is 0 Å². The molecule has 0 aliphatic heterocycles. The molecular formula is C14H21FN2O. The van der Waals surface area contributed by atoms with Gasteiger partial charge in [-0.2, -0.15) is 0 Å². The zero-order valence-corrected chi connectivity index (χ0v) is 11.0. The van der Waals surface area contributed by atoms with Gasteiger partial charge in [0.15, 0.2) is 0 Å². The molecule has 0 saturated heterocycles. The van der Waals surface area contributed by atoms with Crippen molar-refractivity contribution in [2.45, 2.75) is 33.3 Å². The zero-order valence-electron chi connectivity index (χ0n) is 11.0. The summed E-state index contributed by atoms with van der Waals surface area (Å²) in [4.78, 5) is 0. The topological polar surface area (TPSA) is 59.1 Å². The number of ether oxygens (including phenoxy) is 1. The first-order chi connectivity index (χ1) is 8.50. The lowest BCUT2D eigenvalue weighted by Gasteiger charge is -2.08. The van der Waals surface area contributed by atoms with Gasteiger partial charge in [0.1, 0.15) is 11.7 Å². The number of nitrogen functional groups attached to an aromatic ring is 1. The number of hydrogen-bond donors (Lipinski definition) is 2. The summed E-state index contributed by atoms with van der Waals surface area (Å²) in [5.41, 5.74) is 6.19. The number of halogens is 1. The maximum atomic E-state index is 13.6. The Kier molecular flexibility index (Phi) is 5.78. The van der Waals surface area contributed by atoms with Gasteiger partial charge in [0, 0.05) is 17.7 Å². The van der Waals surface area contributed by atoms with Gasteiger partial charge in [0.05, 0.1) is 6.61 Å². The molecule has 0 unspecified atom stereocenters. The molecule has 0 atom stereocenters. The van der Waals surface area contributed by atoms with E-state index in [0.717, 1.165) is 12.8 Å². The Morgan fingerprint density at radius 1 is 1.44 bits per heavy atom. The summed E-state index contributed by atoms with van der Waals surface area (Å²) in [6.07, 6.45) is 2.11. The fraction of sp³-hybridized carbons (Fsp3) is 0.500. The van der Waals surface area contributed by atoms with Gasteiger partial charge in [-0.25, -0.2) is 4.39 Å². The lowest BCUT2D eigenvalue weighted by Crippen LogP contribution is -2.11. The van der Waals surface area contributed by atoms with E-state index in [-0.39, 0.29) is 18.3 Å². The van der Waals surface area contributed by atoms with Crippen molar-refractivity contribution in [1.29, 1.82) is 5.41 Å². The maximum absolute atomic E-state index is 13.6. The largest absolute Gasteiger partial charge is 0.384 e. The molecule has 0 aliphatic carbocycles. The van der Waals surface area contributed by atoms with Gasteiger partial charge in [0.25, 0.3) is 0 Å². The predicted molar refractivity (Wildman–Crippen MR) is 71.1 cm³/mol. The standard InChI is InChI=1S/C14H21FN2O/c1-10(2)4-3-7-18-9-12-6-5-11(14(16)17)8-13(12)15/h5-6,8,10H,3-4,7,9H2,1-2H3,(H3,16,17). The lowest BCUT2D eigenvalue weighted by molar-refractivity contribution is 0.112. The Balaban J connectivity index is 2.41. The Hall–Kier alpha value is -1.42. The average Bonchev–Trinajstić information content (AvgIpc) is 2.29. The molecule has 0 bridgehead atoms. The quantitative estimate of drug-likeness (QED) is 0.445. The van der Waals surface area contributed by atoms with E-state index >= 15 is 0 Å². The number of nitrogens with two attached hydrogens (primary N) is 1. The highest BCUT2D eigenvalue weighted by Gasteiger charge is 2.05. The number of benzene rings is 1. The SMILES string of the molecule is CC(C)CCCOCc1ccc(C(=N)N)cc1F. The summed E-state index contributed by atoms with van der Waals surface area (Å²) in [7, 11) is 0. The van der Waals surface area contributed by atoms with Gasteiger partial charge in [-0.3, -0.25) is 5.41 Å². The first-order valence-electron chi connectivity index (χ1n) is 6.21. The Morgan fingerprint density at radius 2 is 2.17 bits per heavy atom. The first-order valence-corrected chi connectivity index (χ1v) is 6.21. The van der Waals surface area contributed by atoms with Gasteiger partial charge in [-0.05, 0) is 24.8 Å². The number of hydrogen-bond acceptors (Lipinski definition) is 2. The molecule has 0 spiro atoms. The lowest BCUT2D eigenvalue weighted by atomic mass is 10.1. The number of amidine groups is 1. The van der Waals surface area contributed by atoms with E-state index in [4.69, 9.17) is 15.9 Å². The molecule has 4 heteroatoms. The summed E-state index contributed by atoms with van der Waals surface area (Å²) in [6.45, 7) is 5.24. The van der Waals surface area contributed by atoms with Crippen LogP contribution in [0, 0.1) is 17.1 Å². The van der Waals surface area contributed by atoms with E-state index in [1.807, 2.05) is 0 Å². The Morgan fingerprint density at radius 3 is 2.72 bits per heavy atom. The van der Waals surface area contributed by atoms with E-state index < -0.39 is 0 Å². The van der Waals surface area contributed by atoms with Crippen molar-refractivity contribution >= 4 is 5.84 Å². The molecule has 1 rings (SSSR count). The normalized spacial score (nSPS) is 10.9. The van der Waals surface area contributed by atoms with Crippen LogP contribution in [-0.2, 0) is 11.3 Å². The van der Waals surface area contributed by atoms with Crippen LogP contribution in [0.15, 0.2) is 18.2 Å². The molecule has 0 fully saturated rings. The third-order valence-electron chi connectivity index (χ3n) is 2.69. The second-order valence-corrected chi connectivity index (χ2v) is 4.81. The molecule has 0 amide bonds. The van der Waals surface area contributed by atoms with Crippen LogP contribution in [0.1, 0.15) is 37.8 Å². The van der Waals surface area contributed by atoms with Crippen LogP contribution in [0.4, 0.5) is 4.39 Å². The highest BCUT2D eigenvalue weighted by atomic mass is 19.1. The van der Waals surface area contributed by atoms with E-state index in [1.165, 1.54) is 6.07 Å². The van der Waals surface area contributed by atoms with Crippen LogP contribution in [0.25, 0.3) is 0 Å². The minimum Gasteiger partial charge on any atom is -0.384 e. The second-order valence-electron chi connectivity index (χ2n) is 4.81. The van der Waals surface area contributed by atoms with E-state index in [2.05, 4.69) is 13.8 Å². The molecule has 3 nitrogen and oxygen atoms in total. The molecule has 3 N–H and O–H groups in total. The van der Waals surface area contributed by atoms with Gasteiger partial charge in [-0.15, -0.1) is 0 Å². The molecule has 0 saturated carbocycles. The van der Waals surface area contributed by atoms with Crippen LogP contribution in [0.5, 0.6) is 0 Å². The molecule has 18 heavy (non-hydrogen) atoms. The molecule has 100 valence electrons. The number of nitrogens with one attached hydrogen (secondary N) is 1. The molecule has 0 aliphatic rings. The van der Waals surface area contributed by atoms with Crippen LogP contribution in [0.3, 0.4) is 0 Å². The summed E-state index contributed by atoms with van der Waals surface area (Å²) >= 11 is 0. The van der Waals surface area contributed by atoms with Crippen molar-refractivity contribution in [2.75, 3.05) is 6.61 Å². The molecular weight excluding hydrogens is 231 g/mol. The minimum absolute atomic E-state index is 0.127. The van der Waals surface area contributed by atoms with E-state index in [9.17, 15) is 4.39 Å². The van der Waals surface area contributed by atoms with Crippen molar-refractivity contribution in [2.24, 2.45) is 11.7 Å². The van der Waals surface area contributed by atoms with Crippen molar-refractivity contribution < 1.29 is 9.13 Å². The summed E-state index contributed by atoms with van der Waals surface area (Å²) in [5.74, 6) is 0.171. The monoisotopic (exact) mass is 252 g/mol. The molecule has 0 heterocycles. The summed E-state index contributed by atoms with van der Waals surface area (Å²) in [5, 5.41) is 7.22. The fourth-order valence-corrected chi connectivity index (χ4v) is 1.61. The van der Waals surface area contributed by atoms with Crippen molar-refractivity contribution in [1.82, 2.24) is 0 Å². The molecule has 0 radical (unpaired) electrons. The maximum Gasteiger partial charge on any atom is 0.129 e. The predicted octanol–water partition coefficient (Wildman–Crippen LogP) is 3.06. The smallest absolute Gasteiger partial charge is 0.129 e. The van der Waals surface area contributed by atoms with Gasteiger partial charge < -0.3 is 10.5 Å². The molecule has 1 aromatic carbocycles. The van der Waals surface area contributed by atoms with Crippen LogP contribution in [-0.4, -0.2) is 12.4 Å². The molecule has 1 aromatic rings. The summed E-state index contributed by atoms with van der Waals surface area (Å²) in [6, 6.07) is 4.53. The second kappa shape index (κ2) is 7.11. The number of rotatable bonds is 7. The summed E-state index contributed by atoms with van der Waals surface area (Å²) < 4.78 is 19.0. The van der Waals surface area contributed by atoms with Crippen LogP contribution >= 0.6 is 0 Å². The minimum atomic E-state index is -0.369. The average molecular weight is 252 g/mol. The highest BCUT2D eigenvalue weighted by Crippen LogP contribution is 2.12. The van der Waals surface area contributed by atoms with E-state index in [1.54, 1.807) is 12.1 Å². The van der Waals surface area contributed by atoms with Crippen molar-refractivity contribution in [3.05, 3.63) is 35.1 Å². The fourth-order valence-electron chi connectivity index (χ4n) is 1.61. The highest BCUT2D eigenvalue weighted by molar-refractivity contribution is 5.94. The van der Waals surface area contributed by atoms with Crippen LogP contribution in [0.2, 0.25) is 0 Å². The van der Waals surface area contributed by atoms with Gasteiger partial charge in [-0.1, -0.05) is 26.0 Å². The van der Waals surface area contributed by atoms with Crippen molar-refractivity contribution in [3.63, 3.8) is 0 Å². The zero-order chi connectivity index (χ0) is 13.5. The molecule has 0 aromatic heterocycles. The van der Waals surface area contributed by atoms with E-state index in [0.29, 0.717) is 23.7 Å². The third-order valence-corrected chi connectivity index (χ3v) is 2.69. The first kappa shape index (κ1) is 14.6.